The van der Waals surface area contributed by atoms with E-state index in [1.165, 1.54) is 12.1 Å². The third kappa shape index (κ3) is 7.15. The molecule has 0 aliphatic carbocycles. The average Bonchev–Trinajstić information content (AvgIpc) is 2.83. The number of ether oxygens (including phenoxy) is 1. The highest BCUT2D eigenvalue weighted by Gasteiger charge is 2.47. The quantitative estimate of drug-likeness (QED) is 0.269. The smallest absolute Gasteiger partial charge is 0.428 e. The highest BCUT2D eigenvalue weighted by atomic mass is 19.4. The minimum atomic E-state index is -5.05. The molecule has 39 heavy (non-hydrogen) atoms. The van der Waals surface area contributed by atoms with Crippen LogP contribution in [0.15, 0.2) is 72.8 Å². The molecule has 0 bridgehead atoms. The molecule has 3 aromatic carbocycles. The van der Waals surface area contributed by atoms with Crippen molar-refractivity contribution in [2.75, 3.05) is 6.54 Å². The maximum atomic E-state index is 14.8. The van der Waals surface area contributed by atoms with Crippen molar-refractivity contribution in [3.8, 4) is 5.75 Å². The topological polar surface area (TPSA) is 55.6 Å². The van der Waals surface area contributed by atoms with Crippen LogP contribution in [0.3, 0.4) is 0 Å². The first kappa shape index (κ1) is 29.7. The van der Waals surface area contributed by atoms with E-state index in [4.69, 9.17) is 5.73 Å². The van der Waals surface area contributed by atoms with Crippen LogP contribution < -0.4 is 10.5 Å². The van der Waals surface area contributed by atoms with Gasteiger partial charge in [-0.2, -0.15) is 30.7 Å². The van der Waals surface area contributed by atoms with Crippen LogP contribution in [0.4, 0.5) is 44.3 Å². The molecule has 2 N–H and O–H groups in total. The third-order valence-electron chi connectivity index (χ3n) is 5.83. The summed E-state index contributed by atoms with van der Waals surface area (Å²) in [4.78, 5) is 13.3. The Hall–Kier alpha value is -3.90. The summed E-state index contributed by atoms with van der Waals surface area (Å²) in [5.74, 6) is -3.17. The lowest BCUT2D eigenvalue weighted by Gasteiger charge is -2.45. The average molecular weight is 564 g/mol. The molecule has 0 aliphatic rings. The summed E-state index contributed by atoms with van der Waals surface area (Å²) in [6.07, 6.45) is -16.1. The summed E-state index contributed by atoms with van der Waals surface area (Å²) < 4.78 is 126. The number of rotatable bonds is 10. The Kier molecular flexibility index (Phi) is 8.71. The van der Waals surface area contributed by atoms with Crippen LogP contribution in [0.2, 0.25) is 0 Å². The van der Waals surface area contributed by atoms with Gasteiger partial charge in [0.15, 0.2) is 0 Å². The Balaban J connectivity index is 2.36. The zero-order valence-electron chi connectivity index (χ0n) is 19.9. The molecule has 1 atom stereocenters. The lowest BCUT2D eigenvalue weighted by Crippen LogP contribution is -2.54. The van der Waals surface area contributed by atoms with Gasteiger partial charge in [0.25, 0.3) is 0 Å². The predicted molar refractivity (Wildman–Crippen MR) is 122 cm³/mol. The van der Waals surface area contributed by atoms with Crippen molar-refractivity contribution in [1.82, 2.24) is 4.90 Å². The van der Waals surface area contributed by atoms with Gasteiger partial charge in [-0.15, -0.1) is 0 Å². The van der Waals surface area contributed by atoms with Crippen LogP contribution in [-0.2, 0) is 12.0 Å². The van der Waals surface area contributed by atoms with Gasteiger partial charge in [0, 0.05) is 19.0 Å². The van der Waals surface area contributed by atoms with Gasteiger partial charge >= 0.3 is 24.7 Å². The predicted octanol–water partition coefficient (Wildman–Crippen LogP) is 7.02. The SMILES string of the molecule is NC(=O)N(CCC(F)(F)F)[C@](Cc1ccccc1)(c1ccc(F)cc1)c1cc(F)cc(OC(F)(F)C(F)F)c1. The van der Waals surface area contributed by atoms with Crippen LogP contribution in [0, 0.1) is 11.6 Å². The molecule has 0 spiro atoms. The molecule has 0 aromatic heterocycles. The number of benzene rings is 3. The van der Waals surface area contributed by atoms with Crippen LogP contribution in [0.1, 0.15) is 23.1 Å². The van der Waals surface area contributed by atoms with Crippen molar-refractivity contribution < 1.29 is 49.0 Å². The number of carbonyl (C=O) groups is 1. The lowest BCUT2D eigenvalue weighted by atomic mass is 9.76. The van der Waals surface area contributed by atoms with Crippen molar-refractivity contribution in [1.29, 1.82) is 0 Å². The zero-order chi connectivity index (χ0) is 29.0. The molecule has 0 unspecified atom stereocenters. The van der Waals surface area contributed by atoms with Gasteiger partial charge in [-0.3, -0.25) is 0 Å². The van der Waals surface area contributed by atoms with Crippen molar-refractivity contribution in [2.24, 2.45) is 5.73 Å². The second-order valence-electron chi connectivity index (χ2n) is 8.52. The van der Waals surface area contributed by atoms with E-state index in [0.717, 1.165) is 24.3 Å². The van der Waals surface area contributed by atoms with Crippen LogP contribution in [0.25, 0.3) is 0 Å². The van der Waals surface area contributed by atoms with Crippen molar-refractivity contribution >= 4 is 6.03 Å². The second-order valence-corrected chi connectivity index (χ2v) is 8.52. The number of alkyl halides is 7. The van der Waals surface area contributed by atoms with E-state index < -0.39 is 72.6 Å². The molecule has 0 heterocycles. The minimum absolute atomic E-state index is 0.0779. The first-order valence-corrected chi connectivity index (χ1v) is 11.2. The molecule has 0 radical (unpaired) electrons. The van der Waals surface area contributed by atoms with E-state index in [1.54, 1.807) is 18.2 Å². The summed E-state index contributed by atoms with van der Waals surface area (Å²) in [6, 6.07) is 12.1. The Labute approximate surface area is 216 Å². The van der Waals surface area contributed by atoms with E-state index in [1.807, 2.05) is 0 Å². The summed E-state index contributed by atoms with van der Waals surface area (Å²) in [5, 5.41) is 0. The minimum Gasteiger partial charge on any atom is -0.428 e. The summed E-state index contributed by atoms with van der Waals surface area (Å²) in [6.45, 7) is -1.08. The van der Waals surface area contributed by atoms with Gasteiger partial charge in [0.05, 0.1) is 12.0 Å². The van der Waals surface area contributed by atoms with Crippen LogP contribution in [0.5, 0.6) is 5.75 Å². The fourth-order valence-electron chi connectivity index (χ4n) is 4.18. The molecule has 0 fully saturated rings. The van der Waals surface area contributed by atoms with E-state index in [-0.39, 0.29) is 5.56 Å². The summed E-state index contributed by atoms with van der Waals surface area (Å²) in [7, 11) is 0. The molecule has 210 valence electrons. The third-order valence-corrected chi connectivity index (χ3v) is 5.83. The number of carbonyl (C=O) groups excluding carboxylic acids is 1. The van der Waals surface area contributed by atoms with Gasteiger partial charge in [-0.1, -0.05) is 42.5 Å². The van der Waals surface area contributed by atoms with E-state index >= 15 is 0 Å². The van der Waals surface area contributed by atoms with Gasteiger partial charge in [0.1, 0.15) is 17.4 Å². The Bertz CT molecular complexity index is 1270. The Morgan fingerprint density at radius 2 is 1.46 bits per heavy atom. The second kappa shape index (κ2) is 11.5. The van der Waals surface area contributed by atoms with Gasteiger partial charge in [-0.25, -0.2) is 13.6 Å². The molecule has 3 aromatic rings. The molecule has 4 nitrogen and oxygen atoms in total. The fraction of sp³-hybridized carbons (Fsp3) is 0.269. The molecular weight excluding hydrogens is 543 g/mol. The number of primary amides is 1. The summed E-state index contributed by atoms with van der Waals surface area (Å²) in [5.41, 5.74) is 3.20. The molecule has 3 rings (SSSR count). The van der Waals surface area contributed by atoms with E-state index in [2.05, 4.69) is 4.74 Å². The summed E-state index contributed by atoms with van der Waals surface area (Å²) >= 11 is 0. The number of nitrogens with zero attached hydrogens (tertiary/aromatic N) is 1. The van der Waals surface area contributed by atoms with Gasteiger partial charge in [-0.05, 0) is 41.0 Å². The number of urea groups is 1. The van der Waals surface area contributed by atoms with Crippen molar-refractivity contribution in [3.63, 3.8) is 0 Å². The van der Waals surface area contributed by atoms with Gasteiger partial charge in [0.2, 0.25) is 0 Å². The number of hydrogen-bond acceptors (Lipinski definition) is 2. The first-order valence-electron chi connectivity index (χ1n) is 11.2. The highest BCUT2D eigenvalue weighted by molar-refractivity contribution is 5.74. The van der Waals surface area contributed by atoms with E-state index in [9.17, 15) is 44.3 Å². The number of amides is 2. The molecule has 0 saturated carbocycles. The first-order chi connectivity index (χ1) is 18.1. The molecule has 0 saturated heterocycles. The Morgan fingerprint density at radius 3 is 2.00 bits per heavy atom. The molecular formula is C26H21F9N2O2. The fourth-order valence-corrected chi connectivity index (χ4v) is 4.18. The molecule has 2 amide bonds. The molecule has 13 heteroatoms. The maximum Gasteiger partial charge on any atom is 0.461 e. The van der Waals surface area contributed by atoms with Crippen LogP contribution >= 0.6 is 0 Å². The van der Waals surface area contributed by atoms with E-state index in [0.29, 0.717) is 28.7 Å². The molecule has 0 aliphatic heterocycles. The highest BCUT2D eigenvalue weighted by Crippen LogP contribution is 2.42. The largest absolute Gasteiger partial charge is 0.461 e. The van der Waals surface area contributed by atoms with Crippen molar-refractivity contribution in [3.05, 3.63) is 101 Å². The zero-order valence-corrected chi connectivity index (χ0v) is 19.9. The van der Waals surface area contributed by atoms with Gasteiger partial charge < -0.3 is 15.4 Å². The Morgan fingerprint density at radius 1 is 0.846 bits per heavy atom. The van der Waals surface area contributed by atoms with Crippen LogP contribution in [-0.4, -0.2) is 36.2 Å². The number of nitrogens with two attached hydrogens (primary N) is 1. The maximum absolute atomic E-state index is 14.8. The lowest BCUT2D eigenvalue weighted by molar-refractivity contribution is -0.253. The number of halogens is 9. The monoisotopic (exact) mass is 564 g/mol. The normalized spacial score (nSPS) is 13.7. The van der Waals surface area contributed by atoms with Crippen molar-refractivity contribution in [2.45, 2.75) is 37.1 Å². The number of hydrogen-bond donors (Lipinski definition) is 1. The standard InChI is InChI=1S/C26H21F9N2O2/c27-19-8-6-17(7-9-19)24(15-16-4-2-1-3-5-16,37(23(36)38)11-10-25(31,32)33)18-12-20(28)14-21(13-18)39-26(34,35)22(29)30/h1-9,12-14,22H,10-11,15H2,(H2,36,38)/t24-/m1/s1.